The maximum Gasteiger partial charge on any atom is 0.262 e. The first-order chi connectivity index (χ1) is 17.4. The van der Waals surface area contributed by atoms with Crippen molar-refractivity contribution in [1.29, 1.82) is 0 Å². The quantitative estimate of drug-likeness (QED) is 0.197. The lowest BCUT2D eigenvalue weighted by Gasteiger charge is -2.10. The SMILES string of the molecule is O=C(Cc1cccc2ccccc12)N/N=C/c1cc(Cl)ccc1OCC(=O)Nc1ccc(Cl)c(Cl)c1. The Balaban J connectivity index is 1.37. The minimum absolute atomic E-state index is 0.173. The molecule has 4 aromatic carbocycles. The van der Waals surface area contributed by atoms with E-state index in [0.717, 1.165) is 16.3 Å². The summed E-state index contributed by atoms with van der Waals surface area (Å²) in [5.41, 5.74) is 4.42. The van der Waals surface area contributed by atoms with Crippen molar-refractivity contribution in [2.45, 2.75) is 6.42 Å². The van der Waals surface area contributed by atoms with Crippen molar-refractivity contribution in [3.05, 3.63) is 105 Å². The number of hydrogen-bond donors (Lipinski definition) is 2. The Bertz CT molecular complexity index is 1450. The van der Waals surface area contributed by atoms with Gasteiger partial charge >= 0.3 is 0 Å². The highest BCUT2D eigenvalue weighted by atomic mass is 35.5. The van der Waals surface area contributed by atoms with Gasteiger partial charge < -0.3 is 10.1 Å². The third kappa shape index (κ3) is 6.76. The molecule has 2 N–H and O–H groups in total. The van der Waals surface area contributed by atoms with E-state index in [1.165, 1.54) is 6.21 Å². The molecule has 0 heterocycles. The van der Waals surface area contributed by atoms with Crippen molar-refractivity contribution in [2.75, 3.05) is 11.9 Å². The van der Waals surface area contributed by atoms with Crippen molar-refractivity contribution in [3.8, 4) is 5.75 Å². The lowest BCUT2D eigenvalue weighted by atomic mass is 10.0. The first-order valence-corrected chi connectivity index (χ1v) is 12.0. The van der Waals surface area contributed by atoms with Crippen molar-refractivity contribution in [3.63, 3.8) is 0 Å². The van der Waals surface area contributed by atoms with Crippen LogP contribution in [0.3, 0.4) is 0 Å². The Kier molecular flexibility index (Phi) is 8.44. The number of fused-ring (bicyclic) bond motifs is 1. The molecule has 6 nitrogen and oxygen atoms in total. The molecule has 182 valence electrons. The highest BCUT2D eigenvalue weighted by Gasteiger charge is 2.10. The van der Waals surface area contributed by atoms with Crippen LogP contribution in [0.2, 0.25) is 15.1 Å². The highest BCUT2D eigenvalue weighted by Crippen LogP contribution is 2.25. The molecular formula is C27H20Cl3N3O3. The molecule has 0 bridgehead atoms. The summed E-state index contributed by atoms with van der Waals surface area (Å²) in [4.78, 5) is 24.8. The number of amides is 2. The van der Waals surface area contributed by atoms with Gasteiger partial charge in [0.15, 0.2) is 6.61 Å². The largest absolute Gasteiger partial charge is 0.483 e. The zero-order valence-corrected chi connectivity index (χ0v) is 21.1. The average Bonchev–Trinajstić information content (AvgIpc) is 2.86. The molecule has 0 aliphatic rings. The molecule has 0 unspecified atom stereocenters. The van der Waals surface area contributed by atoms with E-state index in [0.29, 0.717) is 32.1 Å². The molecule has 36 heavy (non-hydrogen) atoms. The molecule has 0 saturated heterocycles. The number of carbonyl (C=O) groups is 2. The second-order valence-corrected chi connectivity index (χ2v) is 9.01. The van der Waals surface area contributed by atoms with Gasteiger partial charge in [0.05, 0.1) is 22.7 Å². The van der Waals surface area contributed by atoms with E-state index in [9.17, 15) is 9.59 Å². The number of anilines is 1. The molecule has 9 heteroatoms. The maximum absolute atomic E-state index is 12.5. The van der Waals surface area contributed by atoms with Crippen LogP contribution in [0.4, 0.5) is 5.69 Å². The summed E-state index contributed by atoms with van der Waals surface area (Å²) >= 11 is 18.0. The van der Waals surface area contributed by atoms with Crippen LogP contribution in [-0.2, 0) is 16.0 Å². The summed E-state index contributed by atoms with van der Waals surface area (Å²) in [6.45, 7) is -0.268. The van der Waals surface area contributed by atoms with E-state index in [4.69, 9.17) is 39.5 Å². The Hall–Kier alpha value is -3.58. The Labute approximate surface area is 222 Å². The fourth-order valence-corrected chi connectivity index (χ4v) is 3.98. The Morgan fingerprint density at radius 1 is 0.861 bits per heavy atom. The summed E-state index contributed by atoms with van der Waals surface area (Å²) in [5.74, 6) is -0.293. The number of nitrogens with one attached hydrogen (secondary N) is 2. The number of hydrazone groups is 1. The molecular weight excluding hydrogens is 521 g/mol. The van der Waals surface area contributed by atoms with Crippen LogP contribution in [-0.4, -0.2) is 24.6 Å². The second kappa shape index (κ2) is 11.9. The van der Waals surface area contributed by atoms with E-state index in [-0.39, 0.29) is 18.9 Å². The average molecular weight is 541 g/mol. The zero-order valence-electron chi connectivity index (χ0n) is 18.8. The van der Waals surface area contributed by atoms with E-state index in [1.54, 1.807) is 36.4 Å². The van der Waals surface area contributed by atoms with Crippen LogP contribution in [0.5, 0.6) is 5.75 Å². The van der Waals surface area contributed by atoms with Gasteiger partial charge in [0.2, 0.25) is 5.91 Å². The molecule has 2 amide bonds. The van der Waals surface area contributed by atoms with Crippen molar-refractivity contribution < 1.29 is 14.3 Å². The number of hydrogen-bond acceptors (Lipinski definition) is 4. The molecule has 0 aliphatic carbocycles. The maximum atomic E-state index is 12.5. The normalized spacial score (nSPS) is 11.0. The standard InChI is InChI=1S/C27H20Cl3N3O3/c28-20-8-11-25(36-16-27(35)32-21-9-10-23(29)24(30)14-21)19(12-20)15-31-33-26(34)13-18-6-3-5-17-4-1-2-7-22(17)18/h1-12,14-15H,13,16H2,(H,32,35)(H,33,34)/b31-15+. The van der Waals surface area contributed by atoms with Crippen LogP contribution < -0.4 is 15.5 Å². The van der Waals surface area contributed by atoms with Crippen molar-refractivity contribution in [1.82, 2.24) is 5.43 Å². The molecule has 4 aromatic rings. The van der Waals surface area contributed by atoms with E-state index >= 15 is 0 Å². The molecule has 0 aromatic heterocycles. The molecule has 0 radical (unpaired) electrons. The van der Waals surface area contributed by atoms with Crippen LogP contribution in [0.1, 0.15) is 11.1 Å². The smallest absolute Gasteiger partial charge is 0.262 e. The number of carbonyl (C=O) groups excluding carboxylic acids is 2. The summed E-state index contributed by atoms with van der Waals surface area (Å²) < 4.78 is 5.65. The number of ether oxygens (including phenoxy) is 1. The van der Waals surface area contributed by atoms with Crippen LogP contribution in [0.25, 0.3) is 10.8 Å². The first kappa shape index (κ1) is 25.5. The molecule has 0 spiro atoms. The molecule has 0 saturated carbocycles. The number of nitrogens with zero attached hydrogens (tertiary/aromatic N) is 1. The summed E-state index contributed by atoms with van der Waals surface area (Å²) in [7, 11) is 0. The van der Waals surface area contributed by atoms with Gasteiger partial charge in [-0.25, -0.2) is 5.43 Å². The number of benzene rings is 4. The first-order valence-electron chi connectivity index (χ1n) is 10.8. The van der Waals surface area contributed by atoms with Gasteiger partial charge in [-0.15, -0.1) is 0 Å². The van der Waals surface area contributed by atoms with Crippen LogP contribution in [0, 0.1) is 0 Å². The van der Waals surface area contributed by atoms with E-state index < -0.39 is 5.91 Å². The molecule has 0 aliphatic heterocycles. The highest BCUT2D eigenvalue weighted by molar-refractivity contribution is 6.42. The van der Waals surface area contributed by atoms with Crippen LogP contribution in [0.15, 0.2) is 84.0 Å². The minimum atomic E-state index is -0.394. The third-order valence-corrected chi connectivity index (χ3v) is 6.13. The number of halogens is 3. The second-order valence-electron chi connectivity index (χ2n) is 7.76. The molecule has 0 atom stereocenters. The predicted molar refractivity (Wildman–Crippen MR) is 145 cm³/mol. The number of rotatable bonds is 8. The third-order valence-electron chi connectivity index (χ3n) is 5.16. The summed E-state index contributed by atoms with van der Waals surface area (Å²) in [6.07, 6.45) is 1.59. The van der Waals surface area contributed by atoms with Gasteiger partial charge in [0.1, 0.15) is 5.75 Å². The lowest BCUT2D eigenvalue weighted by Crippen LogP contribution is -2.21. The van der Waals surface area contributed by atoms with Gasteiger partial charge in [-0.3, -0.25) is 9.59 Å². The van der Waals surface area contributed by atoms with Crippen molar-refractivity contribution in [2.24, 2.45) is 5.10 Å². The summed E-state index contributed by atoms with van der Waals surface area (Å²) in [6, 6.07) is 23.3. The fraction of sp³-hybridized carbons (Fsp3) is 0.0741. The van der Waals surface area contributed by atoms with Crippen molar-refractivity contribution >= 4 is 69.3 Å². The fourth-order valence-electron chi connectivity index (χ4n) is 3.50. The molecule has 0 fully saturated rings. The Morgan fingerprint density at radius 3 is 2.50 bits per heavy atom. The van der Waals surface area contributed by atoms with Gasteiger partial charge in [-0.1, -0.05) is 77.3 Å². The topological polar surface area (TPSA) is 79.8 Å². The summed E-state index contributed by atoms with van der Waals surface area (Å²) in [5, 5.41) is 9.97. The molecule has 4 rings (SSSR count). The predicted octanol–water partition coefficient (Wildman–Crippen LogP) is 6.51. The van der Waals surface area contributed by atoms with Gasteiger partial charge in [-0.2, -0.15) is 5.10 Å². The lowest BCUT2D eigenvalue weighted by molar-refractivity contribution is -0.120. The zero-order chi connectivity index (χ0) is 25.5. The van der Waals surface area contributed by atoms with Gasteiger partial charge in [-0.05, 0) is 52.7 Å². The minimum Gasteiger partial charge on any atom is -0.483 e. The van der Waals surface area contributed by atoms with E-state index in [2.05, 4.69) is 15.8 Å². The van der Waals surface area contributed by atoms with Gasteiger partial charge in [0.25, 0.3) is 5.91 Å². The Morgan fingerprint density at radius 2 is 1.67 bits per heavy atom. The van der Waals surface area contributed by atoms with E-state index in [1.807, 2.05) is 42.5 Å². The van der Waals surface area contributed by atoms with Crippen LogP contribution >= 0.6 is 34.8 Å². The monoisotopic (exact) mass is 539 g/mol. The van der Waals surface area contributed by atoms with Gasteiger partial charge in [0, 0.05) is 16.3 Å².